The fourth-order valence-electron chi connectivity index (χ4n) is 2.50. The van der Waals surface area contributed by atoms with Gasteiger partial charge in [0.05, 0.1) is 23.8 Å². The van der Waals surface area contributed by atoms with Gasteiger partial charge >= 0.3 is 0 Å². The fourth-order valence-corrected chi connectivity index (χ4v) is 2.50. The summed E-state index contributed by atoms with van der Waals surface area (Å²) in [6, 6.07) is 2.04. The predicted octanol–water partition coefficient (Wildman–Crippen LogP) is 2.57. The van der Waals surface area contributed by atoms with Gasteiger partial charge in [-0.25, -0.2) is 4.68 Å². The molecule has 0 bridgehead atoms. The molecule has 0 spiro atoms. The minimum Gasteiger partial charge on any atom is -0.369 e. The molecular weight excluding hydrogens is 224 g/mol. The van der Waals surface area contributed by atoms with Crippen LogP contribution in [0.1, 0.15) is 24.8 Å². The standard InChI is InChI=1S/C14H18N4/c1-12-9-16-18(11-12)13-5-6-15-10-14(13)17-7-3-2-4-8-17/h5-6,9-11H,2-4,7-8H2,1H3. The highest BCUT2D eigenvalue weighted by Crippen LogP contribution is 2.25. The minimum atomic E-state index is 1.12. The molecule has 3 rings (SSSR count). The third-order valence-corrected chi connectivity index (χ3v) is 3.43. The summed E-state index contributed by atoms with van der Waals surface area (Å²) >= 11 is 0. The lowest BCUT2D eigenvalue weighted by Crippen LogP contribution is -2.30. The molecule has 0 atom stereocenters. The first-order valence-electron chi connectivity index (χ1n) is 6.55. The number of pyridine rings is 1. The summed E-state index contributed by atoms with van der Waals surface area (Å²) in [7, 11) is 0. The third kappa shape index (κ3) is 2.10. The van der Waals surface area contributed by atoms with Crippen LogP contribution < -0.4 is 4.90 Å². The van der Waals surface area contributed by atoms with Gasteiger partial charge in [-0.2, -0.15) is 5.10 Å². The number of hydrogen-bond donors (Lipinski definition) is 0. The summed E-state index contributed by atoms with van der Waals surface area (Å²) in [6.45, 7) is 4.31. The van der Waals surface area contributed by atoms with E-state index in [0.717, 1.165) is 18.8 Å². The second-order valence-electron chi connectivity index (χ2n) is 4.87. The smallest absolute Gasteiger partial charge is 0.0910 e. The van der Waals surface area contributed by atoms with Crippen LogP contribution in [0, 0.1) is 6.92 Å². The van der Waals surface area contributed by atoms with Gasteiger partial charge in [0, 0.05) is 25.5 Å². The van der Waals surface area contributed by atoms with Crippen LogP contribution in [-0.4, -0.2) is 27.9 Å². The van der Waals surface area contributed by atoms with Crippen LogP contribution >= 0.6 is 0 Å². The molecule has 4 heteroatoms. The first-order valence-corrected chi connectivity index (χ1v) is 6.55. The van der Waals surface area contributed by atoms with Crippen molar-refractivity contribution in [3.8, 4) is 5.69 Å². The lowest BCUT2D eigenvalue weighted by Gasteiger charge is -2.29. The third-order valence-electron chi connectivity index (χ3n) is 3.43. The number of anilines is 1. The van der Waals surface area contributed by atoms with E-state index in [1.54, 1.807) is 0 Å². The van der Waals surface area contributed by atoms with Gasteiger partial charge in [-0.3, -0.25) is 4.98 Å². The van der Waals surface area contributed by atoms with Crippen molar-refractivity contribution >= 4 is 5.69 Å². The van der Waals surface area contributed by atoms with Gasteiger partial charge in [0.15, 0.2) is 0 Å². The molecule has 1 aliphatic heterocycles. The van der Waals surface area contributed by atoms with E-state index in [0.29, 0.717) is 0 Å². The highest BCUT2D eigenvalue weighted by molar-refractivity contribution is 5.61. The first-order chi connectivity index (χ1) is 8.84. The average molecular weight is 242 g/mol. The second kappa shape index (κ2) is 4.80. The van der Waals surface area contributed by atoms with Gasteiger partial charge in [-0.15, -0.1) is 0 Å². The zero-order valence-electron chi connectivity index (χ0n) is 10.7. The monoisotopic (exact) mass is 242 g/mol. The normalized spacial score (nSPS) is 15.9. The van der Waals surface area contributed by atoms with E-state index in [1.807, 2.05) is 29.3 Å². The Balaban J connectivity index is 1.99. The molecular formula is C14H18N4. The molecule has 0 N–H and O–H groups in total. The molecule has 0 radical (unpaired) electrons. The maximum absolute atomic E-state index is 4.40. The zero-order valence-corrected chi connectivity index (χ0v) is 10.7. The van der Waals surface area contributed by atoms with Crippen molar-refractivity contribution in [1.82, 2.24) is 14.8 Å². The Hall–Kier alpha value is -1.84. The van der Waals surface area contributed by atoms with Gasteiger partial charge < -0.3 is 4.90 Å². The molecule has 0 amide bonds. The highest BCUT2D eigenvalue weighted by atomic mass is 15.3. The number of aromatic nitrogens is 3. The zero-order chi connectivity index (χ0) is 12.4. The van der Waals surface area contributed by atoms with Gasteiger partial charge in [-0.05, 0) is 37.8 Å². The Morgan fingerprint density at radius 1 is 1.06 bits per heavy atom. The van der Waals surface area contributed by atoms with E-state index in [9.17, 15) is 0 Å². The summed E-state index contributed by atoms with van der Waals surface area (Å²) in [6.07, 6.45) is 11.6. The van der Waals surface area contributed by atoms with Gasteiger partial charge in [0.2, 0.25) is 0 Å². The predicted molar refractivity (Wildman–Crippen MR) is 72.2 cm³/mol. The highest BCUT2D eigenvalue weighted by Gasteiger charge is 2.15. The van der Waals surface area contributed by atoms with E-state index >= 15 is 0 Å². The van der Waals surface area contributed by atoms with Crippen molar-refractivity contribution in [3.63, 3.8) is 0 Å². The maximum Gasteiger partial charge on any atom is 0.0910 e. The molecule has 1 aliphatic rings. The molecule has 1 fully saturated rings. The van der Waals surface area contributed by atoms with Crippen LogP contribution in [0.4, 0.5) is 5.69 Å². The molecule has 2 aromatic rings. The van der Waals surface area contributed by atoms with E-state index in [-0.39, 0.29) is 0 Å². The summed E-state index contributed by atoms with van der Waals surface area (Å²) in [4.78, 5) is 6.69. The molecule has 1 saturated heterocycles. The van der Waals surface area contributed by atoms with E-state index in [4.69, 9.17) is 0 Å². The number of piperidine rings is 1. The molecule has 0 saturated carbocycles. The SMILES string of the molecule is Cc1cnn(-c2ccncc2N2CCCCC2)c1. The van der Waals surface area contributed by atoms with Gasteiger partial charge in [0.25, 0.3) is 0 Å². The van der Waals surface area contributed by atoms with Crippen molar-refractivity contribution in [3.05, 3.63) is 36.4 Å². The van der Waals surface area contributed by atoms with E-state index in [1.165, 1.54) is 30.5 Å². The van der Waals surface area contributed by atoms with Crippen molar-refractivity contribution in [2.45, 2.75) is 26.2 Å². The molecule has 0 aliphatic carbocycles. The van der Waals surface area contributed by atoms with Crippen LogP contribution in [0.25, 0.3) is 5.69 Å². The summed E-state index contributed by atoms with van der Waals surface area (Å²) in [5.74, 6) is 0. The lowest BCUT2D eigenvalue weighted by atomic mass is 10.1. The molecule has 94 valence electrons. The number of aryl methyl sites for hydroxylation is 1. The molecule has 18 heavy (non-hydrogen) atoms. The molecule has 0 unspecified atom stereocenters. The second-order valence-corrected chi connectivity index (χ2v) is 4.87. The van der Waals surface area contributed by atoms with E-state index in [2.05, 4.69) is 28.1 Å². The topological polar surface area (TPSA) is 34.0 Å². The van der Waals surface area contributed by atoms with Crippen molar-refractivity contribution < 1.29 is 0 Å². The maximum atomic E-state index is 4.40. The van der Waals surface area contributed by atoms with Crippen molar-refractivity contribution in [2.24, 2.45) is 0 Å². The molecule has 4 nitrogen and oxygen atoms in total. The number of rotatable bonds is 2. The Morgan fingerprint density at radius 2 is 1.89 bits per heavy atom. The first kappa shape index (κ1) is 11.3. The summed E-state index contributed by atoms with van der Waals surface area (Å²) < 4.78 is 1.95. The van der Waals surface area contributed by atoms with E-state index < -0.39 is 0 Å². The average Bonchev–Trinajstić information content (AvgIpc) is 2.86. The number of hydrogen-bond acceptors (Lipinski definition) is 3. The molecule has 0 aromatic carbocycles. The quantitative estimate of drug-likeness (QED) is 0.811. The van der Waals surface area contributed by atoms with Gasteiger partial charge in [0.1, 0.15) is 0 Å². The minimum absolute atomic E-state index is 1.12. The molecule has 2 aromatic heterocycles. The Kier molecular flexibility index (Phi) is 3.00. The van der Waals surface area contributed by atoms with Crippen LogP contribution in [0.5, 0.6) is 0 Å². The fraction of sp³-hybridized carbons (Fsp3) is 0.429. The van der Waals surface area contributed by atoms with Crippen LogP contribution in [0.3, 0.4) is 0 Å². The summed E-state index contributed by atoms with van der Waals surface area (Å²) in [5, 5.41) is 4.40. The number of nitrogens with zero attached hydrogens (tertiary/aromatic N) is 4. The van der Waals surface area contributed by atoms with Crippen LogP contribution in [0.15, 0.2) is 30.9 Å². The summed E-state index contributed by atoms with van der Waals surface area (Å²) in [5.41, 5.74) is 3.50. The lowest BCUT2D eigenvalue weighted by molar-refractivity contribution is 0.576. The Bertz CT molecular complexity index is 526. The van der Waals surface area contributed by atoms with Crippen LogP contribution in [0.2, 0.25) is 0 Å². The Labute approximate surface area is 107 Å². The Morgan fingerprint density at radius 3 is 2.61 bits per heavy atom. The molecule has 3 heterocycles. The largest absolute Gasteiger partial charge is 0.369 e. The van der Waals surface area contributed by atoms with Crippen molar-refractivity contribution in [1.29, 1.82) is 0 Å². The van der Waals surface area contributed by atoms with Crippen LogP contribution in [-0.2, 0) is 0 Å². The van der Waals surface area contributed by atoms with Crippen molar-refractivity contribution in [2.75, 3.05) is 18.0 Å². The van der Waals surface area contributed by atoms with Gasteiger partial charge in [-0.1, -0.05) is 0 Å².